The Hall–Kier alpha value is -3.54. The van der Waals surface area contributed by atoms with Crippen molar-refractivity contribution in [1.29, 1.82) is 0 Å². The van der Waals surface area contributed by atoms with Gasteiger partial charge in [-0.15, -0.1) is 0 Å². The largest absolute Gasteiger partial charge is 0.442 e. The first-order chi connectivity index (χ1) is 15.6. The van der Waals surface area contributed by atoms with E-state index in [1.165, 1.54) is 0 Å². The lowest BCUT2D eigenvalue weighted by Gasteiger charge is -2.24. The molecule has 1 aliphatic rings. The first kappa shape index (κ1) is 20.4. The number of anilines is 1. The molecular formula is C26H27N5O. The van der Waals surface area contributed by atoms with E-state index < -0.39 is 0 Å². The highest BCUT2D eigenvalue weighted by molar-refractivity contribution is 5.62. The van der Waals surface area contributed by atoms with Gasteiger partial charge in [0, 0.05) is 36.0 Å². The van der Waals surface area contributed by atoms with Gasteiger partial charge in [-0.1, -0.05) is 50.2 Å². The second-order valence-electron chi connectivity index (χ2n) is 8.54. The number of hydrogen-bond donors (Lipinski definition) is 0. The second kappa shape index (κ2) is 8.54. The number of oxazole rings is 1. The van der Waals surface area contributed by atoms with Crippen LogP contribution in [0.25, 0.3) is 22.8 Å². The topological polar surface area (TPSA) is 67.9 Å². The Morgan fingerprint density at radius 3 is 2.56 bits per heavy atom. The molecular weight excluding hydrogens is 398 g/mol. The van der Waals surface area contributed by atoms with Crippen molar-refractivity contribution >= 4 is 5.82 Å². The third-order valence-corrected chi connectivity index (χ3v) is 5.81. The predicted molar refractivity (Wildman–Crippen MR) is 125 cm³/mol. The molecule has 5 rings (SSSR count). The fourth-order valence-electron chi connectivity index (χ4n) is 4.29. The maximum Gasteiger partial charge on any atom is 0.217 e. The first-order valence-electron chi connectivity index (χ1n) is 11.2. The summed E-state index contributed by atoms with van der Waals surface area (Å²) in [5.74, 6) is 3.49. The third kappa shape index (κ3) is 3.88. The SMILES string of the molecule is Cc1cc(N2CCC[C@@H]2c2nc(-c3ccccc3)c(C(C)C)o2)nc(-c2ccccn2)n1. The van der Waals surface area contributed by atoms with Crippen molar-refractivity contribution in [2.45, 2.75) is 45.6 Å². The van der Waals surface area contributed by atoms with Crippen LogP contribution in [0.3, 0.4) is 0 Å². The van der Waals surface area contributed by atoms with Crippen LogP contribution in [-0.2, 0) is 0 Å². The fraction of sp³-hybridized carbons (Fsp3) is 0.308. The molecule has 0 amide bonds. The van der Waals surface area contributed by atoms with Crippen LogP contribution in [0.1, 0.15) is 56.0 Å². The Labute approximate surface area is 188 Å². The quantitative estimate of drug-likeness (QED) is 0.393. The van der Waals surface area contributed by atoms with E-state index in [0.717, 1.165) is 59.5 Å². The Kier molecular flexibility index (Phi) is 5.43. The van der Waals surface area contributed by atoms with Gasteiger partial charge in [0.1, 0.15) is 29.0 Å². The molecule has 1 atom stereocenters. The molecule has 1 saturated heterocycles. The van der Waals surface area contributed by atoms with Gasteiger partial charge < -0.3 is 9.32 Å². The van der Waals surface area contributed by atoms with Gasteiger partial charge >= 0.3 is 0 Å². The van der Waals surface area contributed by atoms with E-state index in [1.807, 2.05) is 49.4 Å². The van der Waals surface area contributed by atoms with Crippen LogP contribution >= 0.6 is 0 Å². The second-order valence-corrected chi connectivity index (χ2v) is 8.54. The predicted octanol–water partition coefficient (Wildman–Crippen LogP) is 5.97. The minimum Gasteiger partial charge on any atom is -0.442 e. The first-order valence-corrected chi connectivity index (χ1v) is 11.2. The highest BCUT2D eigenvalue weighted by Gasteiger charge is 2.33. The van der Waals surface area contributed by atoms with Crippen molar-refractivity contribution < 1.29 is 4.42 Å². The Bertz CT molecular complexity index is 1200. The molecule has 162 valence electrons. The lowest BCUT2D eigenvalue weighted by atomic mass is 10.0. The number of rotatable bonds is 5. The zero-order valence-electron chi connectivity index (χ0n) is 18.7. The van der Waals surface area contributed by atoms with Gasteiger partial charge in [-0.2, -0.15) is 0 Å². The van der Waals surface area contributed by atoms with Crippen molar-refractivity contribution in [1.82, 2.24) is 19.9 Å². The van der Waals surface area contributed by atoms with Crippen LogP contribution in [0, 0.1) is 6.92 Å². The monoisotopic (exact) mass is 425 g/mol. The molecule has 1 aliphatic heterocycles. The minimum atomic E-state index is 0.0517. The van der Waals surface area contributed by atoms with Crippen molar-refractivity contribution in [2.75, 3.05) is 11.4 Å². The molecule has 6 heteroatoms. The van der Waals surface area contributed by atoms with Crippen LogP contribution in [0.5, 0.6) is 0 Å². The van der Waals surface area contributed by atoms with Gasteiger partial charge in [-0.3, -0.25) is 4.98 Å². The molecule has 4 aromatic rings. The highest BCUT2D eigenvalue weighted by atomic mass is 16.4. The fourth-order valence-corrected chi connectivity index (χ4v) is 4.29. The lowest BCUT2D eigenvalue weighted by molar-refractivity contribution is 0.408. The van der Waals surface area contributed by atoms with Crippen LogP contribution in [0.4, 0.5) is 5.82 Å². The molecule has 0 aliphatic carbocycles. The smallest absolute Gasteiger partial charge is 0.217 e. The zero-order valence-corrected chi connectivity index (χ0v) is 18.7. The maximum atomic E-state index is 6.40. The molecule has 0 unspecified atom stereocenters. The van der Waals surface area contributed by atoms with E-state index in [9.17, 15) is 0 Å². The number of hydrogen-bond acceptors (Lipinski definition) is 6. The van der Waals surface area contributed by atoms with Crippen molar-refractivity contribution in [3.05, 3.63) is 78.1 Å². The Balaban J connectivity index is 1.53. The lowest BCUT2D eigenvalue weighted by Crippen LogP contribution is -2.24. The summed E-state index contributed by atoms with van der Waals surface area (Å²) in [5.41, 5.74) is 3.72. The van der Waals surface area contributed by atoms with Gasteiger partial charge in [0.25, 0.3) is 0 Å². The Morgan fingerprint density at radius 1 is 1.00 bits per heavy atom. The summed E-state index contributed by atoms with van der Waals surface area (Å²) in [6, 6.07) is 18.2. The normalized spacial score (nSPS) is 16.1. The molecule has 0 radical (unpaired) electrons. The summed E-state index contributed by atoms with van der Waals surface area (Å²) in [5, 5.41) is 0. The summed E-state index contributed by atoms with van der Waals surface area (Å²) < 4.78 is 6.40. The van der Waals surface area contributed by atoms with Gasteiger partial charge in [-0.05, 0) is 31.9 Å². The molecule has 1 aromatic carbocycles. The van der Waals surface area contributed by atoms with E-state index in [4.69, 9.17) is 14.4 Å². The van der Waals surface area contributed by atoms with E-state index in [1.54, 1.807) is 6.20 Å². The third-order valence-electron chi connectivity index (χ3n) is 5.81. The maximum absolute atomic E-state index is 6.40. The van der Waals surface area contributed by atoms with Crippen molar-refractivity contribution in [2.24, 2.45) is 0 Å². The standard InChI is InChI=1S/C26H27N5O/c1-17(2)24-23(19-10-5-4-6-11-19)30-26(32-24)21-13-9-15-31(21)22-16-18(3)28-25(29-22)20-12-7-8-14-27-20/h4-8,10-12,14,16-17,21H,9,13,15H2,1-3H3/t21-/m1/s1. The number of benzene rings is 1. The van der Waals surface area contributed by atoms with Crippen LogP contribution in [0.15, 0.2) is 65.2 Å². The molecule has 1 fully saturated rings. The average Bonchev–Trinajstić information content (AvgIpc) is 3.47. The molecule has 0 spiro atoms. The van der Waals surface area contributed by atoms with Gasteiger partial charge in [0.2, 0.25) is 5.89 Å². The number of pyridine rings is 1. The zero-order chi connectivity index (χ0) is 22.1. The summed E-state index contributed by atoms with van der Waals surface area (Å²) in [6.07, 6.45) is 3.81. The summed E-state index contributed by atoms with van der Waals surface area (Å²) >= 11 is 0. The van der Waals surface area contributed by atoms with Crippen molar-refractivity contribution in [3.63, 3.8) is 0 Å². The van der Waals surface area contributed by atoms with Crippen LogP contribution in [0.2, 0.25) is 0 Å². The van der Waals surface area contributed by atoms with E-state index >= 15 is 0 Å². The minimum absolute atomic E-state index is 0.0517. The number of aromatic nitrogens is 4. The number of aryl methyl sites for hydroxylation is 1. The molecule has 0 bridgehead atoms. The summed E-state index contributed by atoms with van der Waals surface area (Å²) in [4.78, 5) is 21.2. The van der Waals surface area contributed by atoms with E-state index in [-0.39, 0.29) is 12.0 Å². The number of nitrogens with zero attached hydrogens (tertiary/aromatic N) is 5. The van der Waals surface area contributed by atoms with Crippen molar-refractivity contribution in [3.8, 4) is 22.8 Å². The van der Waals surface area contributed by atoms with Gasteiger partial charge in [0.05, 0.1) is 0 Å². The summed E-state index contributed by atoms with van der Waals surface area (Å²) in [6.45, 7) is 7.20. The average molecular weight is 426 g/mol. The molecule has 0 saturated carbocycles. The van der Waals surface area contributed by atoms with Crippen LogP contribution in [-0.4, -0.2) is 26.5 Å². The molecule has 3 aromatic heterocycles. The Morgan fingerprint density at radius 2 is 1.81 bits per heavy atom. The summed E-state index contributed by atoms with van der Waals surface area (Å²) in [7, 11) is 0. The molecule has 32 heavy (non-hydrogen) atoms. The highest BCUT2D eigenvalue weighted by Crippen LogP contribution is 2.39. The van der Waals surface area contributed by atoms with E-state index in [0.29, 0.717) is 5.82 Å². The molecule has 4 heterocycles. The van der Waals surface area contributed by atoms with Gasteiger partial charge in [0.15, 0.2) is 5.82 Å². The molecule has 0 N–H and O–H groups in total. The van der Waals surface area contributed by atoms with Gasteiger partial charge in [-0.25, -0.2) is 15.0 Å². The van der Waals surface area contributed by atoms with Crippen LogP contribution < -0.4 is 4.90 Å². The van der Waals surface area contributed by atoms with E-state index in [2.05, 4.69) is 40.8 Å². The molecule has 6 nitrogen and oxygen atoms in total.